The molecule has 0 aliphatic rings. The maximum absolute atomic E-state index is 12.1. The van der Waals surface area contributed by atoms with Crippen LogP contribution in [0.4, 0.5) is 5.69 Å². The van der Waals surface area contributed by atoms with Gasteiger partial charge in [-0.25, -0.2) is 0 Å². The van der Waals surface area contributed by atoms with Gasteiger partial charge in [0.25, 0.3) is 5.91 Å². The van der Waals surface area contributed by atoms with Gasteiger partial charge in [-0.05, 0) is 53.2 Å². The first-order valence-corrected chi connectivity index (χ1v) is 9.53. The zero-order chi connectivity index (χ0) is 21.4. The van der Waals surface area contributed by atoms with Crippen LogP contribution in [0.25, 0.3) is 0 Å². The normalized spacial score (nSPS) is 13.6. The minimum Gasteiger partial charge on any atom is -0.484 e. The van der Waals surface area contributed by atoms with E-state index in [-0.39, 0.29) is 23.9 Å². The highest BCUT2D eigenvalue weighted by Crippen LogP contribution is 2.20. The van der Waals surface area contributed by atoms with Crippen LogP contribution in [0.1, 0.15) is 58.3 Å². The Kier molecular flexibility index (Phi) is 8.91. The Labute approximate surface area is 167 Å². The van der Waals surface area contributed by atoms with Gasteiger partial charge in [-0.2, -0.15) is 0 Å². The first-order valence-electron chi connectivity index (χ1n) is 9.53. The molecule has 0 saturated heterocycles. The summed E-state index contributed by atoms with van der Waals surface area (Å²) in [6.45, 7) is 12.6. The van der Waals surface area contributed by atoms with E-state index in [1.807, 2.05) is 34.6 Å². The van der Waals surface area contributed by atoms with Crippen molar-refractivity contribution in [2.75, 3.05) is 32.1 Å². The van der Waals surface area contributed by atoms with Gasteiger partial charge < -0.3 is 25.3 Å². The number of ether oxygens (including phenoxy) is 3. The van der Waals surface area contributed by atoms with Gasteiger partial charge in [0.2, 0.25) is 0 Å². The Bertz CT molecular complexity index is 669. The van der Waals surface area contributed by atoms with Crippen molar-refractivity contribution in [1.82, 2.24) is 5.32 Å². The predicted octanol–water partition coefficient (Wildman–Crippen LogP) is 2.97. The summed E-state index contributed by atoms with van der Waals surface area (Å²) in [4.78, 5) is 23.5. The van der Waals surface area contributed by atoms with E-state index in [4.69, 9.17) is 19.9 Å². The SMILES string of the molecule is CCC(C)(CNC(=O)COc1ccc(C(C)=O)c(N)c1)OCCOC(C)(C)C. The van der Waals surface area contributed by atoms with E-state index in [1.54, 1.807) is 18.2 Å². The second kappa shape index (κ2) is 10.4. The lowest BCUT2D eigenvalue weighted by molar-refractivity contribution is -0.126. The molecule has 0 bridgehead atoms. The van der Waals surface area contributed by atoms with Crippen LogP contribution in [0.3, 0.4) is 0 Å². The van der Waals surface area contributed by atoms with Crippen LogP contribution < -0.4 is 15.8 Å². The van der Waals surface area contributed by atoms with Gasteiger partial charge >= 0.3 is 0 Å². The fraction of sp³-hybridized carbons (Fsp3) is 0.619. The molecular formula is C21H34N2O5. The van der Waals surface area contributed by atoms with E-state index in [0.29, 0.717) is 36.8 Å². The minimum atomic E-state index is -0.482. The summed E-state index contributed by atoms with van der Waals surface area (Å²) < 4.78 is 17.0. The first kappa shape index (κ1) is 23.9. The van der Waals surface area contributed by atoms with E-state index in [1.165, 1.54) is 6.92 Å². The Balaban J connectivity index is 2.43. The molecule has 0 aliphatic heterocycles. The van der Waals surface area contributed by atoms with E-state index >= 15 is 0 Å². The lowest BCUT2D eigenvalue weighted by atomic mass is 10.0. The van der Waals surface area contributed by atoms with Gasteiger partial charge in [-0.15, -0.1) is 0 Å². The number of nitrogen functional groups attached to an aromatic ring is 1. The molecule has 7 nitrogen and oxygen atoms in total. The summed E-state index contributed by atoms with van der Waals surface area (Å²) in [6, 6.07) is 4.75. The van der Waals surface area contributed by atoms with E-state index < -0.39 is 5.60 Å². The number of rotatable bonds is 11. The van der Waals surface area contributed by atoms with Crippen molar-refractivity contribution in [3.05, 3.63) is 23.8 Å². The lowest BCUT2D eigenvalue weighted by Crippen LogP contribution is -2.44. The number of Topliss-reactive ketones (excluding diaryl/α,β-unsaturated/α-hetero) is 1. The number of carbonyl (C=O) groups is 2. The molecule has 1 unspecified atom stereocenters. The van der Waals surface area contributed by atoms with Crippen molar-refractivity contribution in [2.24, 2.45) is 0 Å². The number of nitrogens with two attached hydrogens (primary N) is 1. The molecule has 1 atom stereocenters. The predicted molar refractivity (Wildman–Crippen MR) is 110 cm³/mol. The largest absolute Gasteiger partial charge is 0.484 e. The molecule has 0 heterocycles. The molecule has 0 fully saturated rings. The number of carbonyl (C=O) groups excluding carboxylic acids is 2. The average Bonchev–Trinajstić information content (AvgIpc) is 2.61. The molecule has 1 amide bonds. The van der Waals surface area contributed by atoms with Crippen molar-refractivity contribution in [1.29, 1.82) is 0 Å². The number of benzene rings is 1. The van der Waals surface area contributed by atoms with Crippen molar-refractivity contribution >= 4 is 17.4 Å². The highest BCUT2D eigenvalue weighted by Gasteiger charge is 2.24. The molecular weight excluding hydrogens is 360 g/mol. The first-order chi connectivity index (χ1) is 13.0. The standard InChI is InChI=1S/C21H34N2O5/c1-7-21(6,28-11-10-27-20(3,4)5)14-23-19(25)13-26-16-8-9-17(15(2)24)18(22)12-16/h8-9,12H,7,10-11,13-14,22H2,1-6H3,(H,23,25). The molecule has 7 heteroatoms. The maximum atomic E-state index is 12.1. The molecule has 0 spiro atoms. The molecule has 28 heavy (non-hydrogen) atoms. The van der Waals surface area contributed by atoms with Gasteiger partial charge in [0.1, 0.15) is 5.75 Å². The average molecular weight is 395 g/mol. The van der Waals surface area contributed by atoms with Gasteiger partial charge in [-0.3, -0.25) is 9.59 Å². The van der Waals surface area contributed by atoms with Crippen LogP contribution in [0.2, 0.25) is 0 Å². The molecule has 0 aliphatic carbocycles. The quantitative estimate of drug-likeness (QED) is 0.340. The van der Waals surface area contributed by atoms with Crippen LogP contribution in [0.5, 0.6) is 5.75 Å². The van der Waals surface area contributed by atoms with Crippen LogP contribution >= 0.6 is 0 Å². The smallest absolute Gasteiger partial charge is 0.258 e. The summed E-state index contributed by atoms with van der Waals surface area (Å²) in [5, 5.41) is 2.83. The molecule has 1 rings (SSSR count). The van der Waals surface area contributed by atoms with Crippen molar-refractivity contribution in [3.63, 3.8) is 0 Å². The second-order valence-electron chi connectivity index (χ2n) is 7.98. The molecule has 0 radical (unpaired) electrons. The second-order valence-corrected chi connectivity index (χ2v) is 7.98. The Hall–Kier alpha value is -2.12. The van der Waals surface area contributed by atoms with Crippen molar-refractivity contribution in [2.45, 2.75) is 59.2 Å². The number of hydrogen-bond donors (Lipinski definition) is 2. The Morgan fingerprint density at radius 1 is 1.11 bits per heavy atom. The van der Waals surface area contributed by atoms with Crippen LogP contribution in [0.15, 0.2) is 18.2 Å². The molecule has 0 aromatic heterocycles. The zero-order valence-electron chi connectivity index (χ0n) is 17.9. The van der Waals surface area contributed by atoms with Gasteiger partial charge in [0, 0.05) is 23.9 Å². The summed E-state index contributed by atoms with van der Waals surface area (Å²) in [5.74, 6) is 0.0588. The Morgan fingerprint density at radius 2 is 1.75 bits per heavy atom. The van der Waals surface area contributed by atoms with Gasteiger partial charge in [0.15, 0.2) is 12.4 Å². The van der Waals surface area contributed by atoms with Crippen LogP contribution in [-0.2, 0) is 14.3 Å². The van der Waals surface area contributed by atoms with Crippen molar-refractivity contribution in [3.8, 4) is 5.75 Å². The van der Waals surface area contributed by atoms with E-state index in [9.17, 15) is 9.59 Å². The van der Waals surface area contributed by atoms with Crippen LogP contribution in [0, 0.1) is 0 Å². The third kappa shape index (κ3) is 8.71. The van der Waals surface area contributed by atoms with Gasteiger partial charge in [0.05, 0.1) is 24.4 Å². The maximum Gasteiger partial charge on any atom is 0.258 e. The van der Waals surface area contributed by atoms with Gasteiger partial charge in [-0.1, -0.05) is 6.92 Å². The zero-order valence-corrected chi connectivity index (χ0v) is 17.9. The molecule has 1 aromatic carbocycles. The summed E-state index contributed by atoms with van der Waals surface area (Å²) in [7, 11) is 0. The number of hydrogen-bond acceptors (Lipinski definition) is 6. The summed E-state index contributed by atoms with van der Waals surface area (Å²) >= 11 is 0. The third-order valence-corrected chi connectivity index (χ3v) is 4.25. The van der Waals surface area contributed by atoms with Crippen LogP contribution in [-0.4, -0.2) is 49.3 Å². The highest BCUT2D eigenvalue weighted by molar-refractivity contribution is 5.99. The fourth-order valence-corrected chi connectivity index (χ4v) is 2.35. The fourth-order valence-electron chi connectivity index (χ4n) is 2.35. The van der Waals surface area contributed by atoms with E-state index in [2.05, 4.69) is 5.32 Å². The number of nitrogens with one attached hydrogen (secondary N) is 1. The summed E-state index contributed by atoms with van der Waals surface area (Å²) in [6.07, 6.45) is 0.743. The summed E-state index contributed by atoms with van der Waals surface area (Å²) in [5.41, 5.74) is 5.89. The highest BCUT2D eigenvalue weighted by atomic mass is 16.5. The monoisotopic (exact) mass is 394 g/mol. The topological polar surface area (TPSA) is 99.9 Å². The molecule has 0 saturated carbocycles. The Morgan fingerprint density at radius 3 is 2.29 bits per heavy atom. The lowest BCUT2D eigenvalue weighted by Gasteiger charge is -2.30. The third-order valence-electron chi connectivity index (χ3n) is 4.25. The molecule has 158 valence electrons. The number of amides is 1. The minimum absolute atomic E-state index is 0.117. The van der Waals surface area contributed by atoms with Crippen molar-refractivity contribution < 1.29 is 23.8 Å². The number of anilines is 1. The molecule has 3 N–H and O–H groups in total. The number of ketones is 1. The van der Waals surface area contributed by atoms with E-state index in [0.717, 1.165) is 6.42 Å². The molecule has 1 aromatic rings.